The minimum atomic E-state index is -2.64. The second-order valence-electron chi connectivity index (χ2n) is 10.7. The number of methoxy groups -OCH3 is 1. The van der Waals surface area contributed by atoms with E-state index in [0.29, 0.717) is 5.56 Å². The van der Waals surface area contributed by atoms with Gasteiger partial charge in [-0.1, -0.05) is 30.3 Å². The predicted molar refractivity (Wildman–Crippen MR) is 122 cm³/mol. The third-order valence-electron chi connectivity index (χ3n) is 5.35. The predicted octanol–water partition coefficient (Wildman–Crippen LogP) is 2.18. The topological polar surface area (TPSA) is 119 Å². The average molecular weight is 478 g/mol. The molecule has 2 rings (SSSR count). The van der Waals surface area contributed by atoms with Gasteiger partial charge in [-0.15, -0.1) is 0 Å². The normalized spacial score (nSPS) is 21.1. The molecule has 1 amide bonds. The highest BCUT2D eigenvalue weighted by Gasteiger charge is 2.74. The lowest BCUT2D eigenvalue weighted by Gasteiger charge is -2.44. The lowest BCUT2D eigenvalue weighted by Crippen LogP contribution is -2.72. The number of amides is 1. The second kappa shape index (κ2) is 9.37. The molecule has 1 aromatic carbocycles. The molecule has 1 aliphatic rings. The van der Waals surface area contributed by atoms with Gasteiger partial charge in [0.05, 0.1) is 13.5 Å². The second-order valence-corrected chi connectivity index (χ2v) is 10.7. The van der Waals surface area contributed by atoms with Crippen LogP contribution >= 0.6 is 0 Å². The SMILES string of the molecule is COC(=O)C(Cc1ccccc1)N1C(=O)CC(C)(O)C1(C(=O)OC(C)(C)C)C(=O)OC(C)(C)C. The Bertz CT molecular complexity index is 912. The van der Waals surface area contributed by atoms with Gasteiger partial charge in [0.15, 0.2) is 0 Å². The number of rotatable bonds is 6. The van der Waals surface area contributed by atoms with Crippen LogP contribution in [0.25, 0.3) is 0 Å². The Hall–Kier alpha value is -2.94. The molecule has 1 aliphatic heterocycles. The molecule has 1 heterocycles. The number of likely N-dealkylation sites (tertiary alicyclic amines) is 1. The number of hydrogen-bond acceptors (Lipinski definition) is 8. The Morgan fingerprint density at radius 2 is 1.47 bits per heavy atom. The van der Waals surface area contributed by atoms with Gasteiger partial charge in [-0.05, 0) is 54.0 Å². The molecule has 1 N–H and O–H groups in total. The number of esters is 3. The van der Waals surface area contributed by atoms with Crippen molar-refractivity contribution in [3.05, 3.63) is 35.9 Å². The van der Waals surface area contributed by atoms with Gasteiger partial charge in [0.2, 0.25) is 5.91 Å². The quantitative estimate of drug-likeness (QED) is 0.376. The van der Waals surface area contributed by atoms with E-state index in [1.807, 2.05) is 0 Å². The first kappa shape index (κ1) is 27.3. The largest absolute Gasteiger partial charge is 0.467 e. The van der Waals surface area contributed by atoms with Crippen molar-refractivity contribution in [3.63, 3.8) is 0 Å². The molecule has 0 spiro atoms. The number of carbonyl (C=O) groups is 4. The van der Waals surface area contributed by atoms with Gasteiger partial charge in [0.1, 0.15) is 22.8 Å². The van der Waals surface area contributed by atoms with Crippen LogP contribution < -0.4 is 0 Å². The van der Waals surface area contributed by atoms with Gasteiger partial charge in [0, 0.05) is 6.42 Å². The number of aliphatic hydroxyl groups is 1. The number of hydrogen-bond donors (Lipinski definition) is 1. The smallest absolute Gasteiger partial charge is 0.347 e. The third kappa shape index (κ3) is 5.41. The monoisotopic (exact) mass is 477 g/mol. The summed E-state index contributed by atoms with van der Waals surface area (Å²) in [6, 6.07) is 7.35. The molecule has 1 aromatic rings. The van der Waals surface area contributed by atoms with Crippen LogP contribution in [-0.4, -0.2) is 69.3 Å². The zero-order chi connectivity index (χ0) is 26.1. The molecule has 0 aliphatic carbocycles. The van der Waals surface area contributed by atoms with Crippen LogP contribution in [0.2, 0.25) is 0 Å². The molecule has 2 atom stereocenters. The van der Waals surface area contributed by atoms with Crippen molar-refractivity contribution in [1.82, 2.24) is 4.90 Å². The minimum Gasteiger partial charge on any atom is -0.467 e. The van der Waals surface area contributed by atoms with Crippen molar-refractivity contribution >= 4 is 23.8 Å². The van der Waals surface area contributed by atoms with Crippen LogP contribution in [0.1, 0.15) is 60.5 Å². The maximum absolute atomic E-state index is 13.7. The molecule has 0 aromatic heterocycles. The summed E-state index contributed by atoms with van der Waals surface area (Å²) in [6.45, 7) is 10.7. The van der Waals surface area contributed by atoms with Gasteiger partial charge in [-0.25, -0.2) is 14.4 Å². The first-order valence-electron chi connectivity index (χ1n) is 11.1. The van der Waals surface area contributed by atoms with Crippen LogP contribution in [-0.2, 0) is 39.8 Å². The lowest BCUT2D eigenvalue weighted by atomic mass is 9.80. The summed E-state index contributed by atoms with van der Waals surface area (Å²) in [5, 5.41) is 11.4. The van der Waals surface area contributed by atoms with E-state index in [9.17, 15) is 24.3 Å². The van der Waals surface area contributed by atoms with E-state index in [-0.39, 0.29) is 6.42 Å². The van der Waals surface area contributed by atoms with E-state index in [0.717, 1.165) is 12.0 Å². The van der Waals surface area contributed by atoms with Crippen molar-refractivity contribution < 1.29 is 38.5 Å². The summed E-state index contributed by atoms with van der Waals surface area (Å²) in [6.07, 6.45) is -0.670. The summed E-state index contributed by atoms with van der Waals surface area (Å²) >= 11 is 0. The average Bonchev–Trinajstić information content (AvgIpc) is 2.89. The molecule has 2 unspecified atom stereocenters. The molecule has 0 bridgehead atoms. The molecule has 0 saturated carbocycles. The highest BCUT2D eigenvalue weighted by atomic mass is 16.6. The van der Waals surface area contributed by atoms with Crippen molar-refractivity contribution in [2.75, 3.05) is 7.11 Å². The van der Waals surface area contributed by atoms with E-state index in [1.165, 1.54) is 6.92 Å². The summed E-state index contributed by atoms with van der Waals surface area (Å²) < 4.78 is 16.0. The molecule has 9 nitrogen and oxygen atoms in total. The Morgan fingerprint density at radius 1 is 1.00 bits per heavy atom. The van der Waals surface area contributed by atoms with Crippen LogP contribution in [0.15, 0.2) is 30.3 Å². The van der Waals surface area contributed by atoms with Crippen molar-refractivity contribution in [1.29, 1.82) is 0 Å². The highest BCUT2D eigenvalue weighted by Crippen LogP contribution is 2.45. The first-order chi connectivity index (χ1) is 15.5. The van der Waals surface area contributed by atoms with Crippen LogP contribution in [0.5, 0.6) is 0 Å². The lowest BCUT2D eigenvalue weighted by molar-refractivity contribution is -0.203. The maximum Gasteiger partial charge on any atom is 0.347 e. The summed E-state index contributed by atoms with van der Waals surface area (Å²) in [4.78, 5) is 54.5. The van der Waals surface area contributed by atoms with E-state index in [1.54, 1.807) is 71.9 Å². The highest BCUT2D eigenvalue weighted by molar-refractivity contribution is 6.13. The third-order valence-corrected chi connectivity index (χ3v) is 5.35. The Morgan fingerprint density at radius 3 is 1.88 bits per heavy atom. The van der Waals surface area contributed by atoms with Crippen molar-refractivity contribution in [3.8, 4) is 0 Å². The molecule has 1 fully saturated rings. The summed E-state index contributed by atoms with van der Waals surface area (Å²) in [5.74, 6) is -4.02. The molecule has 188 valence electrons. The number of nitrogens with zero attached hydrogens (tertiary/aromatic N) is 1. The molecule has 9 heteroatoms. The molecular weight excluding hydrogens is 442 g/mol. The zero-order valence-corrected chi connectivity index (χ0v) is 21.1. The van der Waals surface area contributed by atoms with Gasteiger partial charge < -0.3 is 24.2 Å². The van der Waals surface area contributed by atoms with Crippen molar-refractivity contribution in [2.45, 2.75) is 89.7 Å². The van der Waals surface area contributed by atoms with Gasteiger partial charge in [0.25, 0.3) is 5.54 Å². The fourth-order valence-corrected chi connectivity index (χ4v) is 4.04. The molecule has 0 radical (unpaired) electrons. The minimum absolute atomic E-state index is 0.0668. The van der Waals surface area contributed by atoms with E-state index >= 15 is 0 Å². The summed E-state index contributed by atoms with van der Waals surface area (Å²) in [5.41, 5.74) is -6.37. The number of benzene rings is 1. The van der Waals surface area contributed by atoms with Gasteiger partial charge in [-0.3, -0.25) is 4.79 Å². The maximum atomic E-state index is 13.7. The van der Waals surface area contributed by atoms with Gasteiger partial charge in [-0.2, -0.15) is 0 Å². The van der Waals surface area contributed by atoms with Crippen molar-refractivity contribution in [2.24, 2.45) is 0 Å². The Balaban J connectivity index is 2.79. The van der Waals surface area contributed by atoms with Crippen LogP contribution in [0, 0.1) is 0 Å². The zero-order valence-electron chi connectivity index (χ0n) is 21.1. The van der Waals surface area contributed by atoms with E-state index in [2.05, 4.69) is 0 Å². The molecular formula is C25H35NO8. The number of carbonyl (C=O) groups excluding carboxylic acids is 4. The first-order valence-corrected chi connectivity index (χ1v) is 11.1. The van der Waals surface area contributed by atoms with Crippen LogP contribution in [0.4, 0.5) is 0 Å². The Labute approximate surface area is 200 Å². The van der Waals surface area contributed by atoms with E-state index in [4.69, 9.17) is 14.2 Å². The fraction of sp³-hybridized carbons (Fsp3) is 0.600. The standard InChI is InChI=1S/C25H35NO8/c1-22(2,3)33-20(29)25(21(30)34-23(4,5)6)24(7,31)15-18(27)26(25)17(19(28)32-8)14-16-12-10-9-11-13-16/h9-13,17,31H,14-15H2,1-8H3. The fourth-order valence-electron chi connectivity index (χ4n) is 4.04. The molecule has 1 saturated heterocycles. The van der Waals surface area contributed by atoms with E-state index < -0.39 is 58.6 Å². The Kier molecular flexibility index (Phi) is 7.52. The number of ether oxygens (including phenoxy) is 3. The van der Waals surface area contributed by atoms with Crippen LogP contribution in [0.3, 0.4) is 0 Å². The molecule has 34 heavy (non-hydrogen) atoms. The van der Waals surface area contributed by atoms with Gasteiger partial charge >= 0.3 is 17.9 Å². The summed E-state index contributed by atoms with van der Waals surface area (Å²) in [7, 11) is 1.14.